The van der Waals surface area contributed by atoms with Crippen LogP contribution < -0.4 is 10.6 Å². The van der Waals surface area contributed by atoms with Gasteiger partial charge in [0, 0.05) is 16.2 Å². The lowest BCUT2D eigenvalue weighted by molar-refractivity contribution is 0.374. The number of rotatable bonds is 3. The van der Waals surface area contributed by atoms with Gasteiger partial charge >= 0.3 is 0 Å². The van der Waals surface area contributed by atoms with E-state index in [2.05, 4.69) is 26.6 Å². The first-order chi connectivity index (χ1) is 8.16. The van der Waals surface area contributed by atoms with Gasteiger partial charge in [-0.1, -0.05) is 6.07 Å². The second-order valence-electron chi connectivity index (χ2n) is 4.52. The zero-order valence-electron chi connectivity index (χ0n) is 9.97. The van der Waals surface area contributed by atoms with E-state index in [4.69, 9.17) is 0 Å². The molecule has 94 valence electrons. The van der Waals surface area contributed by atoms with Gasteiger partial charge in [-0.2, -0.15) is 0 Å². The lowest BCUT2D eigenvalue weighted by Gasteiger charge is -2.25. The molecular formula is C13H18BrFN2. The highest BCUT2D eigenvalue weighted by Gasteiger charge is 2.14. The van der Waals surface area contributed by atoms with Crippen molar-refractivity contribution >= 4 is 21.6 Å². The molecule has 0 spiro atoms. The molecule has 2 nitrogen and oxygen atoms in total. The number of hydrogen-bond donors (Lipinski definition) is 2. The van der Waals surface area contributed by atoms with Crippen molar-refractivity contribution in [2.45, 2.75) is 32.0 Å². The van der Waals surface area contributed by atoms with E-state index in [1.54, 1.807) is 6.92 Å². The Bertz CT molecular complexity index is 376. The quantitative estimate of drug-likeness (QED) is 0.890. The highest BCUT2D eigenvalue weighted by molar-refractivity contribution is 9.10. The van der Waals surface area contributed by atoms with Gasteiger partial charge in [-0.15, -0.1) is 0 Å². The number of nitrogens with one attached hydrogen (secondary N) is 2. The topological polar surface area (TPSA) is 24.1 Å². The third kappa shape index (κ3) is 3.42. The Balaban J connectivity index is 2.05. The minimum atomic E-state index is -0.917. The van der Waals surface area contributed by atoms with Crippen LogP contribution in [0.3, 0.4) is 0 Å². The van der Waals surface area contributed by atoms with Gasteiger partial charge in [-0.05, 0) is 66.5 Å². The van der Waals surface area contributed by atoms with Crippen molar-refractivity contribution in [2.75, 3.05) is 18.4 Å². The summed E-state index contributed by atoms with van der Waals surface area (Å²) in [6, 6.07) is 6.17. The van der Waals surface area contributed by atoms with Crippen molar-refractivity contribution in [3.05, 3.63) is 28.2 Å². The monoisotopic (exact) mass is 300 g/mol. The Labute approximate surface area is 110 Å². The van der Waals surface area contributed by atoms with Gasteiger partial charge in [0.15, 0.2) is 0 Å². The van der Waals surface area contributed by atoms with E-state index in [-0.39, 0.29) is 0 Å². The largest absolute Gasteiger partial charge is 0.381 e. The number of hydrogen-bond acceptors (Lipinski definition) is 2. The molecule has 0 bridgehead atoms. The zero-order valence-corrected chi connectivity index (χ0v) is 11.6. The Morgan fingerprint density at radius 3 is 2.71 bits per heavy atom. The van der Waals surface area contributed by atoms with Crippen molar-refractivity contribution in [3.63, 3.8) is 0 Å². The summed E-state index contributed by atoms with van der Waals surface area (Å²) in [5.41, 5.74) is 1.77. The van der Waals surface area contributed by atoms with Gasteiger partial charge < -0.3 is 10.6 Å². The van der Waals surface area contributed by atoms with Crippen LogP contribution >= 0.6 is 15.9 Å². The van der Waals surface area contributed by atoms with E-state index in [1.165, 1.54) is 0 Å². The Morgan fingerprint density at radius 2 is 2.12 bits per heavy atom. The minimum Gasteiger partial charge on any atom is -0.381 e. The van der Waals surface area contributed by atoms with Crippen LogP contribution in [0, 0.1) is 0 Å². The molecule has 1 aromatic carbocycles. The van der Waals surface area contributed by atoms with E-state index in [9.17, 15) is 4.39 Å². The van der Waals surface area contributed by atoms with E-state index in [0.29, 0.717) is 11.6 Å². The number of piperidine rings is 1. The molecule has 0 saturated carbocycles. The molecule has 1 atom stereocenters. The minimum absolute atomic E-state index is 0.515. The summed E-state index contributed by atoms with van der Waals surface area (Å²) >= 11 is 3.50. The van der Waals surface area contributed by atoms with Crippen LogP contribution in [0.15, 0.2) is 22.7 Å². The summed E-state index contributed by atoms with van der Waals surface area (Å²) in [6.07, 6.45) is 1.35. The lowest BCUT2D eigenvalue weighted by atomic mass is 10.1. The van der Waals surface area contributed by atoms with Crippen molar-refractivity contribution in [1.29, 1.82) is 0 Å². The second-order valence-corrected chi connectivity index (χ2v) is 5.38. The van der Waals surface area contributed by atoms with Crippen molar-refractivity contribution in [1.82, 2.24) is 5.32 Å². The highest BCUT2D eigenvalue weighted by atomic mass is 79.9. The predicted octanol–water partition coefficient (Wildman–Crippen LogP) is 3.64. The molecule has 0 aromatic heterocycles. The maximum atomic E-state index is 13.2. The molecule has 4 heteroatoms. The predicted molar refractivity (Wildman–Crippen MR) is 73.2 cm³/mol. The normalized spacial score (nSPS) is 19.0. The smallest absolute Gasteiger partial charge is 0.122 e. The van der Waals surface area contributed by atoms with Gasteiger partial charge in [0.25, 0.3) is 0 Å². The van der Waals surface area contributed by atoms with E-state index >= 15 is 0 Å². The first kappa shape index (κ1) is 12.8. The van der Waals surface area contributed by atoms with Crippen LogP contribution in [0.25, 0.3) is 0 Å². The van der Waals surface area contributed by atoms with Gasteiger partial charge in [0.1, 0.15) is 6.17 Å². The molecule has 0 radical (unpaired) electrons. The van der Waals surface area contributed by atoms with Gasteiger partial charge in [0.05, 0.1) is 0 Å². The molecule has 17 heavy (non-hydrogen) atoms. The third-order valence-electron chi connectivity index (χ3n) is 3.15. The first-order valence-electron chi connectivity index (χ1n) is 6.07. The zero-order chi connectivity index (χ0) is 12.3. The standard InChI is InChI=1S/C13H18BrFN2/c1-9(15)10-2-3-13(12(14)8-10)17-11-4-6-16-7-5-11/h2-3,8-9,11,16-17H,4-7H2,1H3. The Hall–Kier alpha value is -0.610. The molecule has 2 N–H and O–H groups in total. The molecule has 1 heterocycles. The molecule has 1 aliphatic rings. The fourth-order valence-electron chi connectivity index (χ4n) is 2.08. The molecule has 1 fully saturated rings. The third-order valence-corrected chi connectivity index (χ3v) is 3.81. The van der Waals surface area contributed by atoms with E-state index in [1.807, 2.05) is 18.2 Å². The van der Waals surface area contributed by atoms with Crippen LogP contribution in [0.2, 0.25) is 0 Å². The number of alkyl halides is 1. The molecule has 0 aliphatic carbocycles. The first-order valence-corrected chi connectivity index (χ1v) is 6.87. The average molecular weight is 301 g/mol. The number of benzene rings is 1. The molecule has 1 saturated heterocycles. The molecule has 1 aliphatic heterocycles. The highest BCUT2D eigenvalue weighted by Crippen LogP contribution is 2.28. The summed E-state index contributed by atoms with van der Waals surface area (Å²) in [7, 11) is 0. The summed E-state index contributed by atoms with van der Waals surface area (Å²) in [5.74, 6) is 0. The molecular weight excluding hydrogens is 283 g/mol. The van der Waals surface area contributed by atoms with Gasteiger partial charge in [0.2, 0.25) is 0 Å². The lowest BCUT2D eigenvalue weighted by Crippen LogP contribution is -2.35. The van der Waals surface area contributed by atoms with Crippen LogP contribution in [0.5, 0.6) is 0 Å². The average Bonchev–Trinajstić information content (AvgIpc) is 2.33. The van der Waals surface area contributed by atoms with Crippen molar-refractivity contribution in [2.24, 2.45) is 0 Å². The Morgan fingerprint density at radius 1 is 1.41 bits per heavy atom. The summed E-state index contributed by atoms with van der Waals surface area (Å²) in [5, 5.41) is 6.84. The van der Waals surface area contributed by atoms with Gasteiger partial charge in [-0.3, -0.25) is 0 Å². The molecule has 1 unspecified atom stereocenters. The summed E-state index contributed by atoms with van der Waals surface area (Å²) in [6.45, 7) is 3.69. The van der Waals surface area contributed by atoms with Crippen molar-refractivity contribution in [3.8, 4) is 0 Å². The van der Waals surface area contributed by atoms with Crippen LogP contribution in [0.4, 0.5) is 10.1 Å². The maximum Gasteiger partial charge on any atom is 0.122 e. The van der Waals surface area contributed by atoms with E-state index < -0.39 is 6.17 Å². The van der Waals surface area contributed by atoms with Crippen LogP contribution in [-0.2, 0) is 0 Å². The van der Waals surface area contributed by atoms with E-state index in [0.717, 1.165) is 36.1 Å². The fourth-order valence-corrected chi connectivity index (χ4v) is 2.59. The van der Waals surface area contributed by atoms with Crippen molar-refractivity contribution < 1.29 is 4.39 Å². The molecule has 2 rings (SSSR count). The second kappa shape index (κ2) is 5.83. The van der Waals surface area contributed by atoms with Crippen LogP contribution in [-0.4, -0.2) is 19.1 Å². The molecule has 1 aromatic rings. The fraction of sp³-hybridized carbons (Fsp3) is 0.538. The van der Waals surface area contributed by atoms with Gasteiger partial charge in [-0.25, -0.2) is 4.39 Å². The number of halogens is 2. The Kier molecular flexibility index (Phi) is 4.40. The van der Waals surface area contributed by atoms with Crippen LogP contribution in [0.1, 0.15) is 31.5 Å². The maximum absolute atomic E-state index is 13.2. The SMILES string of the molecule is CC(F)c1ccc(NC2CCNCC2)c(Br)c1. The molecule has 0 amide bonds. The summed E-state index contributed by atoms with van der Waals surface area (Å²) < 4.78 is 14.1. The number of anilines is 1. The summed E-state index contributed by atoms with van der Waals surface area (Å²) in [4.78, 5) is 0.